The van der Waals surface area contributed by atoms with Crippen molar-refractivity contribution in [1.29, 1.82) is 0 Å². The summed E-state index contributed by atoms with van der Waals surface area (Å²) in [6.45, 7) is 3.43. The molecule has 154 valence electrons. The number of amides is 1. The van der Waals surface area contributed by atoms with Crippen molar-refractivity contribution in [1.82, 2.24) is 5.32 Å². The van der Waals surface area contributed by atoms with Gasteiger partial charge in [0.25, 0.3) is 5.91 Å². The summed E-state index contributed by atoms with van der Waals surface area (Å²) in [5, 5.41) is 3.00. The van der Waals surface area contributed by atoms with Crippen LogP contribution in [0.3, 0.4) is 0 Å². The third-order valence-corrected chi connectivity index (χ3v) is 4.78. The van der Waals surface area contributed by atoms with Crippen molar-refractivity contribution in [2.75, 3.05) is 7.11 Å². The third-order valence-electron chi connectivity index (χ3n) is 4.78. The van der Waals surface area contributed by atoms with Crippen LogP contribution < -0.4 is 10.1 Å². The highest BCUT2D eigenvalue weighted by Gasteiger charge is 2.24. The van der Waals surface area contributed by atoms with Gasteiger partial charge in [0, 0.05) is 0 Å². The summed E-state index contributed by atoms with van der Waals surface area (Å²) in [6, 6.07) is 24.2. The summed E-state index contributed by atoms with van der Waals surface area (Å²) in [5.41, 5.74) is 3.07. The monoisotopic (exact) mass is 403 g/mol. The normalized spacial score (nSPS) is 11.6. The Labute approximate surface area is 176 Å². The Balaban J connectivity index is 1.76. The Bertz CT molecular complexity index is 963. The zero-order valence-corrected chi connectivity index (χ0v) is 17.3. The first-order valence-electron chi connectivity index (χ1n) is 9.75. The van der Waals surface area contributed by atoms with Crippen LogP contribution in [0.15, 0.2) is 78.9 Å². The molecule has 5 heteroatoms. The quantitative estimate of drug-likeness (QED) is 0.592. The number of nitrogens with one attached hydrogen (secondary N) is 1. The van der Waals surface area contributed by atoms with E-state index in [1.54, 1.807) is 19.1 Å². The number of hydrogen-bond acceptors (Lipinski definition) is 4. The lowest BCUT2D eigenvalue weighted by molar-refractivity contribution is -0.129. The summed E-state index contributed by atoms with van der Waals surface area (Å²) < 4.78 is 10.7. The van der Waals surface area contributed by atoms with Gasteiger partial charge in [-0.05, 0) is 37.1 Å². The minimum atomic E-state index is -0.974. The summed E-state index contributed by atoms with van der Waals surface area (Å²) in [4.78, 5) is 25.5. The number of rotatable bonds is 7. The van der Waals surface area contributed by atoms with Crippen LogP contribution >= 0.6 is 0 Å². The number of benzene rings is 3. The van der Waals surface area contributed by atoms with E-state index in [-0.39, 0.29) is 11.9 Å². The van der Waals surface area contributed by atoms with E-state index >= 15 is 0 Å². The molecule has 3 rings (SSSR count). The van der Waals surface area contributed by atoms with Crippen LogP contribution in [0, 0.1) is 6.92 Å². The molecule has 1 atom stereocenters. The molecule has 0 radical (unpaired) electrons. The maximum absolute atomic E-state index is 12.9. The Kier molecular flexibility index (Phi) is 6.86. The second-order valence-electron chi connectivity index (χ2n) is 7.01. The first-order chi connectivity index (χ1) is 14.5. The molecule has 0 fully saturated rings. The lowest BCUT2D eigenvalue weighted by Gasteiger charge is -2.22. The average molecular weight is 403 g/mol. The first kappa shape index (κ1) is 21.1. The van der Waals surface area contributed by atoms with Crippen LogP contribution in [-0.4, -0.2) is 25.1 Å². The summed E-state index contributed by atoms with van der Waals surface area (Å²) in [6.07, 6.45) is -0.974. The van der Waals surface area contributed by atoms with Crippen molar-refractivity contribution in [3.63, 3.8) is 0 Å². The van der Waals surface area contributed by atoms with E-state index in [2.05, 4.69) is 5.32 Å². The summed E-state index contributed by atoms with van der Waals surface area (Å²) in [5.74, 6) is -0.577. The number of carbonyl (C=O) groups excluding carboxylic acids is 2. The SMILES string of the molecule is COc1ccc(C)cc1C(=O)O[C@@H](C)C(=O)NC(c1ccccc1)c1ccccc1. The molecule has 0 saturated carbocycles. The third kappa shape index (κ3) is 5.06. The highest BCUT2D eigenvalue weighted by Crippen LogP contribution is 2.23. The number of esters is 1. The number of carbonyl (C=O) groups is 2. The molecule has 5 nitrogen and oxygen atoms in total. The molecule has 0 unspecified atom stereocenters. The second kappa shape index (κ2) is 9.74. The number of hydrogen-bond donors (Lipinski definition) is 1. The van der Waals surface area contributed by atoms with Gasteiger partial charge in [-0.2, -0.15) is 0 Å². The maximum Gasteiger partial charge on any atom is 0.342 e. The van der Waals surface area contributed by atoms with Crippen molar-refractivity contribution in [2.24, 2.45) is 0 Å². The molecule has 3 aromatic carbocycles. The molecule has 0 spiro atoms. The highest BCUT2D eigenvalue weighted by molar-refractivity contribution is 5.95. The van der Waals surface area contributed by atoms with Crippen molar-refractivity contribution in [3.8, 4) is 5.75 Å². The molecule has 1 N–H and O–H groups in total. The van der Waals surface area contributed by atoms with Crippen LogP contribution in [0.2, 0.25) is 0 Å². The van der Waals surface area contributed by atoms with Gasteiger partial charge in [0.1, 0.15) is 11.3 Å². The van der Waals surface area contributed by atoms with Crippen molar-refractivity contribution < 1.29 is 19.1 Å². The fourth-order valence-corrected chi connectivity index (χ4v) is 3.17. The summed E-state index contributed by atoms with van der Waals surface area (Å²) in [7, 11) is 1.49. The molecule has 0 heterocycles. The van der Waals surface area contributed by atoms with E-state index in [0.29, 0.717) is 11.3 Å². The standard InChI is InChI=1S/C25H25NO4/c1-17-14-15-22(29-3)21(16-17)25(28)30-18(2)24(27)26-23(19-10-6-4-7-11-19)20-12-8-5-9-13-20/h4-16,18,23H,1-3H3,(H,26,27)/t18-/m0/s1. The van der Waals surface area contributed by atoms with E-state index in [4.69, 9.17) is 9.47 Å². The molecule has 30 heavy (non-hydrogen) atoms. The van der Waals surface area contributed by atoms with Crippen molar-refractivity contribution >= 4 is 11.9 Å². The minimum Gasteiger partial charge on any atom is -0.496 e. The van der Waals surface area contributed by atoms with Crippen LogP contribution in [0.5, 0.6) is 5.75 Å². The minimum absolute atomic E-state index is 0.291. The Morgan fingerprint density at radius 3 is 1.97 bits per heavy atom. The van der Waals surface area contributed by atoms with Gasteiger partial charge in [-0.3, -0.25) is 4.79 Å². The van der Waals surface area contributed by atoms with Crippen molar-refractivity contribution in [3.05, 3.63) is 101 Å². The van der Waals surface area contributed by atoms with Gasteiger partial charge in [0.15, 0.2) is 6.10 Å². The van der Waals surface area contributed by atoms with Gasteiger partial charge in [0.2, 0.25) is 0 Å². The molecule has 0 aliphatic heterocycles. The van der Waals surface area contributed by atoms with Gasteiger partial charge >= 0.3 is 5.97 Å². The predicted molar refractivity (Wildman–Crippen MR) is 115 cm³/mol. The molecule has 0 aliphatic carbocycles. The van der Waals surface area contributed by atoms with Gasteiger partial charge < -0.3 is 14.8 Å². The van der Waals surface area contributed by atoms with Crippen LogP contribution in [-0.2, 0) is 9.53 Å². The van der Waals surface area contributed by atoms with Crippen molar-refractivity contribution in [2.45, 2.75) is 26.0 Å². The van der Waals surface area contributed by atoms with E-state index in [1.807, 2.05) is 73.7 Å². The van der Waals surface area contributed by atoms with Gasteiger partial charge in [-0.15, -0.1) is 0 Å². The maximum atomic E-state index is 12.9. The molecule has 0 bridgehead atoms. The molecule has 0 saturated heterocycles. The van der Waals surface area contributed by atoms with E-state index in [0.717, 1.165) is 16.7 Å². The lowest BCUT2D eigenvalue weighted by Crippen LogP contribution is -2.38. The summed E-state index contributed by atoms with van der Waals surface area (Å²) >= 11 is 0. The smallest absolute Gasteiger partial charge is 0.342 e. The molecular formula is C25H25NO4. The van der Waals surface area contributed by atoms with Crippen LogP contribution in [0.1, 0.15) is 40.0 Å². The average Bonchev–Trinajstić information content (AvgIpc) is 2.78. The Morgan fingerprint density at radius 2 is 1.43 bits per heavy atom. The predicted octanol–water partition coefficient (Wildman–Crippen LogP) is 4.45. The molecule has 0 aliphatic rings. The fraction of sp³-hybridized carbons (Fsp3) is 0.200. The Morgan fingerprint density at radius 1 is 0.867 bits per heavy atom. The second-order valence-corrected chi connectivity index (χ2v) is 7.01. The molecule has 1 amide bonds. The Hall–Kier alpha value is -3.60. The zero-order valence-electron chi connectivity index (χ0n) is 17.3. The molecule has 0 aromatic heterocycles. The van der Waals surface area contributed by atoms with E-state index < -0.39 is 12.1 Å². The van der Waals surface area contributed by atoms with E-state index in [1.165, 1.54) is 7.11 Å². The molecular weight excluding hydrogens is 378 g/mol. The first-order valence-corrected chi connectivity index (χ1v) is 9.75. The number of methoxy groups -OCH3 is 1. The van der Waals surface area contributed by atoms with E-state index in [9.17, 15) is 9.59 Å². The van der Waals surface area contributed by atoms with Crippen LogP contribution in [0.4, 0.5) is 0 Å². The number of aryl methyl sites for hydroxylation is 1. The largest absolute Gasteiger partial charge is 0.496 e. The molecule has 3 aromatic rings. The topological polar surface area (TPSA) is 64.6 Å². The van der Waals surface area contributed by atoms with Gasteiger partial charge in [-0.25, -0.2) is 4.79 Å². The lowest BCUT2D eigenvalue weighted by atomic mass is 9.98. The zero-order chi connectivity index (χ0) is 21.5. The highest BCUT2D eigenvalue weighted by atomic mass is 16.5. The number of ether oxygens (including phenoxy) is 2. The van der Waals surface area contributed by atoms with Gasteiger partial charge in [0.05, 0.1) is 13.2 Å². The van der Waals surface area contributed by atoms with Crippen LogP contribution in [0.25, 0.3) is 0 Å². The fourth-order valence-electron chi connectivity index (χ4n) is 3.17. The van der Waals surface area contributed by atoms with Gasteiger partial charge in [-0.1, -0.05) is 72.3 Å².